The average molecular weight is 571 g/mol. The van der Waals surface area contributed by atoms with Gasteiger partial charge in [0.25, 0.3) is 0 Å². The predicted octanol–water partition coefficient (Wildman–Crippen LogP) is 5.98. The monoisotopic (exact) mass is 570 g/mol. The van der Waals surface area contributed by atoms with Crippen LogP contribution in [0.1, 0.15) is 20.7 Å². The number of hydrogen-bond donors (Lipinski definition) is 2. The molecule has 0 aliphatic heterocycles. The Labute approximate surface area is 247 Å². The van der Waals surface area contributed by atoms with Gasteiger partial charge in [-0.05, 0) is 99.0 Å². The number of benzene rings is 4. The first-order valence-corrected chi connectivity index (χ1v) is 13.5. The lowest BCUT2D eigenvalue weighted by Crippen LogP contribution is -2.19. The van der Waals surface area contributed by atoms with Gasteiger partial charge in [-0.1, -0.05) is 48.5 Å². The van der Waals surface area contributed by atoms with Crippen LogP contribution in [-0.2, 0) is 0 Å². The number of ether oxygens (including phenoxy) is 2. The molecule has 4 rings (SSSR count). The molecular weight excluding hydrogens is 532 g/mol. The second-order valence-electron chi connectivity index (χ2n) is 10.1. The Bertz CT molecular complexity index is 1320. The lowest BCUT2D eigenvalue weighted by molar-refractivity contribution is 0.0686. The number of carboxylic acids is 2. The van der Waals surface area contributed by atoms with Crippen LogP contribution in [0.4, 0.5) is 0 Å². The van der Waals surface area contributed by atoms with Crippen LogP contribution in [0.15, 0.2) is 97.1 Å². The fourth-order valence-corrected chi connectivity index (χ4v) is 3.83. The van der Waals surface area contributed by atoms with Crippen molar-refractivity contribution in [2.75, 3.05) is 54.5 Å². The molecule has 220 valence electrons. The maximum Gasteiger partial charge on any atom is 0.335 e. The van der Waals surface area contributed by atoms with E-state index in [-0.39, 0.29) is 11.1 Å². The van der Waals surface area contributed by atoms with Crippen molar-refractivity contribution in [3.05, 3.63) is 108 Å². The standard InChI is InChI=1S/2C17H19NO3/c2*1-18(2)10-11-21-16-5-3-4-15(12-16)13-6-8-14(9-7-13)17(19)20/h2*3-9,12H,10-11H2,1-2H3,(H,19,20). The molecule has 0 spiro atoms. The minimum atomic E-state index is -0.915. The number of hydrogen-bond acceptors (Lipinski definition) is 6. The van der Waals surface area contributed by atoms with Crippen molar-refractivity contribution < 1.29 is 29.3 Å². The maximum atomic E-state index is 10.9. The van der Waals surface area contributed by atoms with E-state index >= 15 is 0 Å². The van der Waals surface area contributed by atoms with Crippen LogP contribution < -0.4 is 9.47 Å². The fourth-order valence-electron chi connectivity index (χ4n) is 3.83. The normalized spacial score (nSPS) is 10.6. The van der Waals surface area contributed by atoms with Gasteiger partial charge in [-0.15, -0.1) is 0 Å². The van der Waals surface area contributed by atoms with E-state index in [9.17, 15) is 9.59 Å². The fraction of sp³-hybridized carbons (Fsp3) is 0.235. The van der Waals surface area contributed by atoms with E-state index < -0.39 is 11.9 Å². The number of aromatic carboxylic acids is 2. The van der Waals surface area contributed by atoms with Gasteiger partial charge in [-0.2, -0.15) is 0 Å². The molecule has 0 fully saturated rings. The van der Waals surface area contributed by atoms with E-state index in [0.717, 1.165) is 46.8 Å². The lowest BCUT2D eigenvalue weighted by Gasteiger charge is -2.12. The Kier molecular flexibility index (Phi) is 12.1. The summed E-state index contributed by atoms with van der Waals surface area (Å²) in [5, 5.41) is 17.8. The first kappa shape index (κ1) is 31.9. The van der Waals surface area contributed by atoms with Gasteiger partial charge in [-0.25, -0.2) is 9.59 Å². The van der Waals surface area contributed by atoms with E-state index in [0.29, 0.717) is 13.2 Å². The highest BCUT2D eigenvalue weighted by molar-refractivity contribution is 5.89. The molecular formula is C34H38N2O6. The first-order chi connectivity index (χ1) is 20.1. The summed E-state index contributed by atoms with van der Waals surface area (Å²) in [5.74, 6) is -0.196. The molecule has 0 aromatic heterocycles. The Balaban J connectivity index is 0.000000230. The number of likely N-dealkylation sites (N-methyl/N-ethyl adjacent to an activating group) is 2. The van der Waals surface area contributed by atoms with Crippen LogP contribution in [0, 0.1) is 0 Å². The molecule has 42 heavy (non-hydrogen) atoms. The van der Waals surface area contributed by atoms with E-state index in [4.69, 9.17) is 19.7 Å². The third kappa shape index (κ3) is 10.4. The van der Waals surface area contributed by atoms with Crippen molar-refractivity contribution in [3.63, 3.8) is 0 Å². The summed E-state index contributed by atoms with van der Waals surface area (Å²) in [4.78, 5) is 25.8. The Morgan fingerprint density at radius 3 is 1.21 bits per heavy atom. The van der Waals surface area contributed by atoms with Gasteiger partial charge in [0.2, 0.25) is 0 Å². The quantitative estimate of drug-likeness (QED) is 0.215. The molecule has 8 nitrogen and oxygen atoms in total. The summed E-state index contributed by atoms with van der Waals surface area (Å²) in [6.07, 6.45) is 0. The van der Waals surface area contributed by atoms with E-state index in [2.05, 4.69) is 9.80 Å². The zero-order valence-corrected chi connectivity index (χ0v) is 24.5. The summed E-state index contributed by atoms with van der Waals surface area (Å²) in [7, 11) is 8.02. The Morgan fingerprint density at radius 2 is 0.905 bits per heavy atom. The predicted molar refractivity (Wildman–Crippen MR) is 166 cm³/mol. The topological polar surface area (TPSA) is 99.5 Å². The molecule has 0 aliphatic rings. The molecule has 4 aromatic rings. The molecule has 0 amide bonds. The first-order valence-electron chi connectivity index (χ1n) is 13.5. The zero-order valence-electron chi connectivity index (χ0n) is 24.5. The minimum absolute atomic E-state index is 0.289. The summed E-state index contributed by atoms with van der Waals surface area (Å²) < 4.78 is 11.4. The van der Waals surface area contributed by atoms with Gasteiger partial charge in [0, 0.05) is 13.1 Å². The molecule has 0 heterocycles. The van der Waals surface area contributed by atoms with Gasteiger partial charge in [-0.3, -0.25) is 0 Å². The Morgan fingerprint density at radius 1 is 0.548 bits per heavy atom. The highest BCUT2D eigenvalue weighted by atomic mass is 16.5. The molecule has 2 N–H and O–H groups in total. The minimum Gasteiger partial charge on any atom is -0.492 e. The summed E-state index contributed by atoms with van der Waals surface area (Å²) in [5.41, 5.74) is 4.54. The second kappa shape index (κ2) is 16.0. The van der Waals surface area contributed by atoms with Gasteiger partial charge in [0.05, 0.1) is 11.1 Å². The van der Waals surface area contributed by atoms with E-state index in [1.165, 1.54) is 0 Å². The smallest absolute Gasteiger partial charge is 0.335 e. The maximum absolute atomic E-state index is 10.9. The van der Waals surface area contributed by atoms with Crippen molar-refractivity contribution in [2.24, 2.45) is 0 Å². The van der Waals surface area contributed by atoms with Crippen LogP contribution in [0.3, 0.4) is 0 Å². The second-order valence-corrected chi connectivity index (χ2v) is 10.1. The molecule has 0 unspecified atom stereocenters. The van der Waals surface area contributed by atoms with Crippen molar-refractivity contribution in [3.8, 4) is 33.8 Å². The third-order valence-electron chi connectivity index (χ3n) is 6.21. The molecule has 0 bridgehead atoms. The van der Waals surface area contributed by atoms with Gasteiger partial charge < -0.3 is 29.5 Å². The van der Waals surface area contributed by atoms with E-state index in [1.54, 1.807) is 24.3 Å². The summed E-state index contributed by atoms with van der Waals surface area (Å²) in [6.45, 7) is 2.98. The molecule has 0 atom stereocenters. The van der Waals surface area contributed by atoms with Gasteiger partial charge in [0.15, 0.2) is 0 Å². The molecule has 4 aromatic carbocycles. The Hall–Kier alpha value is -4.66. The SMILES string of the molecule is CN(C)CCOc1cccc(-c2ccc(C(=O)O)cc2)c1.CN(C)CCOc1cccc(-c2ccc(C(=O)O)cc2)c1. The number of nitrogens with zero attached hydrogens (tertiary/aromatic N) is 2. The average Bonchev–Trinajstić information content (AvgIpc) is 2.97. The van der Waals surface area contributed by atoms with Crippen molar-refractivity contribution in [2.45, 2.75) is 0 Å². The highest BCUT2D eigenvalue weighted by Gasteiger charge is 2.06. The largest absolute Gasteiger partial charge is 0.492 e. The molecule has 0 saturated carbocycles. The third-order valence-corrected chi connectivity index (χ3v) is 6.21. The number of rotatable bonds is 12. The van der Waals surface area contributed by atoms with Gasteiger partial charge >= 0.3 is 11.9 Å². The van der Waals surface area contributed by atoms with Crippen molar-refractivity contribution in [1.82, 2.24) is 9.80 Å². The number of carbonyl (C=O) groups is 2. The van der Waals surface area contributed by atoms with Crippen LogP contribution in [0.25, 0.3) is 22.3 Å². The van der Waals surface area contributed by atoms with Crippen LogP contribution in [-0.4, -0.2) is 86.4 Å². The van der Waals surface area contributed by atoms with E-state index in [1.807, 2.05) is 101 Å². The molecule has 0 saturated heterocycles. The van der Waals surface area contributed by atoms with Crippen molar-refractivity contribution in [1.29, 1.82) is 0 Å². The summed E-state index contributed by atoms with van der Waals surface area (Å²) >= 11 is 0. The van der Waals surface area contributed by atoms with Crippen LogP contribution in [0.2, 0.25) is 0 Å². The van der Waals surface area contributed by atoms with Crippen LogP contribution >= 0.6 is 0 Å². The zero-order chi connectivity index (χ0) is 30.5. The van der Waals surface area contributed by atoms with Crippen molar-refractivity contribution >= 4 is 11.9 Å². The summed E-state index contributed by atoms with van der Waals surface area (Å²) in [6, 6.07) is 29.3. The number of carboxylic acid groups (broad SMARTS) is 2. The highest BCUT2D eigenvalue weighted by Crippen LogP contribution is 2.25. The van der Waals surface area contributed by atoms with Crippen LogP contribution in [0.5, 0.6) is 11.5 Å². The molecule has 0 radical (unpaired) electrons. The molecule has 8 heteroatoms. The van der Waals surface area contributed by atoms with Gasteiger partial charge in [0.1, 0.15) is 24.7 Å². The lowest BCUT2D eigenvalue weighted by atomic mass is 10.0. The molecule has 0 aliphatic carbocycles.